The second kappa shape index (κ2) is 6.71. The van der Waals surface area contributed by atoms with Gasteiger partial charge in [0, 0.05) is 30.4 Å². The van der Waals surface area contributed by atoms with E-state index in [0.29, 0.717) is 24.2 Å². The largest absolute Gasteiger partial charge is 0.396 e. The van der Waals surface area contributed by atoms with Gasteiger partial charge in [-0.25, -0.2) is 4.39 Å². The lowest BCUT2D eigenvalue weighted by molar-refractivity contribution is 0.194. The maximum absolute atomic E-state index is 13.8. The third-order valence-electron chi connectivity index (χ3n) is 2.94. The molecule has 102 valence electrons. The first kappa shape index (κ1) is 14.9. The van der Waals surface area contributed by atoms with Crippen molar-refractivity contribution in [2.24, 2.45) is 0 Å². The molecule has 2 N–H and O–H groups in total. The van der Waals surface area contributed by atoms with Crippen LogP contribution in [0.25, 0.3) is 0 Å². The molecule has 0 unspecified atom stereocenters. The van der Waals surface area contributed by atoms with Gasteiger partial charge >= 0.3 is 0 Å². The quantitative estimate of drug-likeness (QED) is 0.820. The van der Waals surface area contributed by atoms with E-state index in [9.17, 15) is 9.50 Å². The van der Waals surface area contributed by atoms with Gasteiger partial charge in [-0.3, -0.25) is 0 Å². The number of rotatable bonds is 6. The molecule has 18 heavy (non-hydrogen) atoms. The molecule has 0 aromatic heterocycles. The third-order valence-corrected chi connectivity index (χ3v) is 2.94. The number of aliphatic hydroxyl groups excluding tert-OH is 2. The molecule has 0 amide bonds. The number of halogens is 1. The van der Waals surface area contributed by atoms with E-state index in [4.69, 9.17) is 5.11 Å². The van der Waals surface area contributed by atoms with Crippen molar-refractivity contribution in [1.29, 1.82) is 0 Å². The van der Waals surface area contributed by atoms with Crippen LogP contribution < -0.4 is 4.90 Å². The maximum Gasteiger partial charge on any atom is 0.131 e. The predicted molar refractivity (Wildman–Crippen MR) is 71.2 cm³/mol. The van der Waals surface area contributed by atoms with E-state index in [-0.39, 0.29) is 12.6 Å². The summed E-state index contributed by atoms with van der Waals surface area (Å²) in [5.74, 6) is -0.392. The van der Waals surface area contributed by atoms with Gasteiger partial charge in [-0.1, -0.05) is 6.07 Å². The molecule has 1 rings (SSSR count). The Hall–Kier alpha value is -1.13. The van der Waals surface area contributed by atoms with Crippen LogP contribution in [0.4, 0.5) is 10.1 Å². The van der Waals surface area contributed by atoms with Gasteiger partial charge in [0.05, 0.1) is 6.10 Å². The monoisotopic (exact) mass is 255 g/mol. The second-order valence-electron chi connectivity index (χ2n) is 4.71. The maximum atomic E-state index is 13.8. The molecular weight excluding hydrogens is 233 g/mol. The smallest absolute Gasteiger partial charge is 0.131 e. The molecule has 0 saturated heterocycles. The lowest BCUT2D eigenvalue weighted by atomic mass is 10.0. The molecule has 0 bridgehead atoms. The third kappa shape index (κ3) is 3.43. The van der Waals surface area contributed by atoms with Gasteiger partial charge in [0.1, 0.15) is 5.82 Å². The van der Waals surface area contributed by atoms with Gasteiger partial charge in [-0.05, 0) is 39.3 Å². The van der Waals surface area contributed by atoms with Crippen LogP contribution in [0.5, 0.6) is 0 Å². The van der Waals surface area contributed by atoms with Gasteiger partial charge in [0.15, 0.2) is 0 Å². The summed E-state index contributed by atoms with van der Waals surface area (Å²) >= 11 is 0. The highest BCUT2D eigenvalue weighted by molar-refractivity contribution is 5.55. The van der Waals surface area contributed by atoms with Crippen molar-refractivity contribution in [2.75, 3.05) is 18.1 Å². The fraction of sp³-hybridized carbons (Fsp3) is 0.571. The molecule has 0 fully saturated rings. The van der Waals surface area contributed by atoms with Gasteiger partial charge < -0.3 is 15.1 Å². The zero-order chi connectivity index (χ0) is 13.7. The summed E-state index contributed by atoms with van der Waals surface area (Å²) in [5.41, 5.74) is 1.03. The van der Waals surface area contributed by atoms with Gasteiger partial charge in [0.25, 0.3) is 0 Å². The van der Waals surface area contributed by atoms with Crippen LogP contribution in [0.3, 0.4) is 0 Å². The van der Waals surface area contributed by atoms with Crippen LogP contribution in [0.15, 0.2) is 18.2 Å². The van der Waals surface area contributed by atoms with Crippen molar-refractivity contribution >= 4 is 5.69 Å². The number of hydrogen-bond acceptors (Lipinski definition) is 3. The van der Waals surface area contributed by atoms with E-state index in [2.05, 4.69) is 0 Å². The van der Waals surface area contributed by atoms with Crippen LogP contribution in [0, 0.1) is 5.82 Å². The molecule has 0 saturated carbocycles. The molecule has 0 aliphatic carbocycles. The summed E-state index contributed by atoms with van der Waals surface area (Å²) in [6, 6.07) is 4.99. The highest BCUT2D eigenvalue weighted by Crippen LogP contribution is 2.30. The standard InChI is InChI=1S/C14H22FNO2/c1-10(2)16(8-5-9-17)13-7-4-6-12(15)14(13)11(3)18/h4,6-7,10-11,17-18H,5,8-9H2,1-3H3/t11-/m0/s1. The summed E-state index contributed by atoms with van der Waals surface area (Å²) in [5, 5.41) is 18.7. The Kier molecular flexibility index (Phi) is 5.56. The molecule has 0 heterocycles. The molecular formula is C14H22FNO2. The SMILES string of the molecule is CC(C)N(CCCO)c1cccc(F)c1[C@H](C)O. The van der Waals surface area contributed by atoms with Crippen molar-refractivity contribution in [3.63, 3.8) is 0 Å². The zero-order valence-electron chi connectivity index (χ0n) is 11.2. The molecule has 3 nitrogen and oxygen atoms in total. The minimum Gasteiger partial charge on any atom is -0.396 e. The Balaban J connectivity index is 3.14. The average molecular weight is 255 g/mol. The Morgan fingerprint density at radius 3 is 2.44 bits per heavy atom. The lowest BCUT2D eigenvalue weighted by Gasteiger charge is -2.31. The fourth-order valence-corrected chi connectivity index (χ4v) is 2.09. The Labute approximate surface area is 108 Å². The first-order valence-electron chi connectivity index (χ1n) is 6.33. The highest BCUT2D eigenvalue weighted by Gasteiger charge is 2.19. The number of hydrogen-bond donors (Lipinski definition) is 2. The highest BCUT2D eigenvalue weighted by atomic mass is 19.1. The van der Waals surface area contributed by atoms with Crippen LogP contribution in [-0.2, 0) is 0 Å². The van der Waals surface area contributed by atoms with Crippen LogP contribution in [0.2, 0.25) is 0 Å². The zero-order valence-corrected chi connectivity index (χ0v) is 11.2. The summed E-state index contributed by atoms with van der Waals surface area (Å²) < 4.78 is 13.8. The van der Waals surface area contributed by atoms with E-state index in [1.807, 2.05) is 24.8 Å². The van der Waals surface area contributed by atoms with E-state index < -0.39 is 11.9 Å². The molecule has 0 aliphatic heterocycles. The van der Waals surface area contributed by atoms with Gasteiger partial charge in [0.2, 0.25) is 0 Å². The molecule has 0 aliphatic rings. The van der Waals surface area contributed by atoms with E-state index >= 15 is 0 Å². The van der Waals surface area contributed by atoms with E-state index in [1.54, 1.807) is 13.0 Å². The van der Waals surface area contributed by atoms with Crippen molar-refractivity contribution in [2.45, 2.75) is 39.3 Å². The molecule has 0 radical (unpaired) electrons. The first-order valence-corrected chi connectivity index (χ1v) is 6.33. The number of benzene rings is 1. The van der Waals surface area contributed by atoms with Crippen LogP contribution >= 0.6 is 0 Å². The van der Waals surface area contributed by atoms with Crippen molar-refractivity contribution in [3.05, 3.63) is 29.6 Å². The second-order valence-corrected chi connectivity index (χ2v) is 4.71. The normalized spacial score (nSPS) is 12.8. The molecule has 4 heteroatoms. The lowest BCUT2D eigenvalue weighted by Crippen LogP contribution is -2.33. The summed E-state index contributed by atoms with van der Waals surface area (Å²) in [4.78, 5) is 2.00. The summed E-state index contributed by atoms with van der Waals surface area (Å²) in [6.45, 7) is 6.31. The first-order chi connectivity index (χ1) is 8.49. The minimum absolute atomic E-state index is 0.0997. The van der Waals surface area contributed by atoms with Gasteiger partial charge in [-0.15, -0.1) is 0 Å². The molecule has 1 aromatic rings. The van der Waals surface area contributed by atoms with Crippen molar-refractivity contribution < 1.29 is 14.6 Å². The van der Waals surface area contributed by atoms with Crippen LogP contribution in [0.1, 0.15) is 38.9 Å². The Bertz CT molecular complexity index is 380. The van der Waals surface area contributed by atoms with E-state index in [1.165, 1.54) is 6.07 Å². The van der Waals surface area contributed by atoms with Crippen molar-refractivity contribution in [1.82, 2.24) is 0 Å². The summed E-state index contributed by atoms with van der Waals surface area (Å²) in [7, 11) is 0. The fourth-order valence-electron chi connectivity index (χ4n) is 2.09. The summed E-state index contributed by atoms with van der Waals surface area (Å²) in [6.07, 6.45) is -0.231. The topological polar surface area (TPSA) is 43.7 Å². The van der Waals surface area contributed by atoms with E-state index in [0.717, 1.165) is 0 Å². The molecule has 1 atom stereocenters. The number of anilines is 1. The van der Waals surface area contributed by atoms with Crippen molar-refractivity contribution in [3.8, 4) is 0 Å². The molecule has 1 aromatic carbocycles. The number of aliphatic hydroxyl groups is 2. The van der Waals surface area contributed by atoms with Crippen LogP contribution in [-0.4, -0.2) is 29.4 Å². The predicted octanol–water partition coefficient (Wildman–Crippen LogP) is 2.48. The molecule has 0 spiro atoms. The Morgan fingerprint density at radius 2 is 1.94 bits per heavy atom. The average Bonchev–Trinajstić information content (AvgIpc) is 2.28. The van der Waals surface area contributed by atoms with Gasteiger partial charge in [-0.2, -0.15) is 0 Å². The minimum atomic E-state index is -0.850. The Morgan fingerprint density at radius 1 is 1.28 bits per heavy atom. The number of nitrogens with zero attached hydrogens (tertiary/aromatic N) is 1.